The fraction of sp³-hybridized carbons (Fsp3) is 0.286. The van der Waals surface area contributed by atoms with Gasteiger partial charge in [-0.2, -0.15) is 0 Å². The average molecular weight is 456 g/mol. The quantitative estimate of drug-likeness (QED) is 0.553. The zero-order chi connectivity index (χ0) is 23.3. The minimum Gasteiger partial charge on any atom is -0.449 e. The number of pyridine rings is 1. The van der Waals surface area contributed by atoms with Gasteiger partial charge in [0.05, 0.1) is 0 Å². The van der Waals surface area contributed by atoms with E-state index in [0.29, 0.717) is 11.6 Å². The van der Waals surface area contributed by atoms with Crippen molar-refractivity contribution in [2.45, 2.75) is 19.3 Å². The van der Waals surface area contributed by atoms with E-state index in [2.05, 4.69) is 69.4 Å². The summed E-state index contributed by atoms with van der Waals surface area (Å²) in [5.74, 6) is 0.886. The Hall–Kier alpha value is -3.64. The van der Waals surface area contributed by atoms with Crippen molar-refractivity contribution in [2.75, 3.05) is 37.6 Å². The molecule has 0 bridgehead atoms. The van der Waals surface area contributed by atoms with E-state index in [4.69, 9.17) is 9.84 Å². The molecule has 0 unspecified atom stereocenters. The van der Waals surface area contributed by atoms with Crippen LogP contribution in [0.4, 0.5) is 10.6 Å². The number of aromatic nitrogens is 1. The number of aryl methyl sites for hydroxylation is 2. The van der Waals surface area contributed by atoms with Gasteiger partial charge in [-0.15, -0.1) is 0 Å². The zero-order valence-corrected chi connectivity index (χ0v) is 19.2. The maximum atomic E-state index is 11.0. The van der Waals surface area contributed by atoms with E-state index in [0.717, 1.165) is 52.0 Å². The fourth-order valence-electron chi connectivity index (χ4n) is 5.00. The zero-order valence-electron chi connectivity index (χ0n) is 19.2. The lowest BCUT2D eigenvalue weighted by atomic mass is 9.93. The summed E-state index contributed by atoms with van der Waals surface area (Å²) in [6, 6.07) is 20.9. The van der Waals surface area contributed by atoms with Crippen LogP contribution in [-0.4, -0.2) is 53.9 Å². The van der Waals surface area contributed by atoms with Crippen molar-refractivity contribution in [3.63, 3.8) is 0 Å². The van der Waals surface area contributed by atoms with Crippen LogP contribution < -0.4 is 9.64 Å². The number of fused-ring (bicyclic) bond motifs is 2. The molecule has 3 aromatic rings. The van der Waals surface area contributed by atoms with Gasteiger partial charge in [-0.05, 0) is 59.2 Å². The van der Waals surface area contributed by atoms with Crippen LogP contribution in [0, 0.1) is 0 Å². The number of rotatable bonds is 5. The van der Waals surface area contributed by atoms with Gasteiger partial charge in [-0.25, -0.2) is 9.78 Å². The van der Waals surface area contributed by atoms with Gasteiger partial charge in [-0.1, -0.05) is 54.6 Å². The van der Waals surface area contributed by atoms with Crippen molar-refractivity contribution in [2.24, 2.45) is 0 Å². The predicted molar refractivity (Wildman–Crippen MR) is 134 cm³/mol. The molecule has 34 heavy (non-hydrogen) atoms. The molecule has 1 aromatic heterocycles. The Morgan fingerprint density at radius 3 is 2.21 bits per heavy atom. The van der Waals surface area contributed by atoms with Crippen molar-refractivity contribution in [3.05, 3.63) is 95.2 Å². The van der Waals surface area contributed by atoms with E-state index in [1.54, 1.807) is 18.3 Å². The Kier molecular flexibility index (Phi) is 6.58. The second-order valence-corrected chi connectivity index (χ2v) is 8.74. The van der Waals surface area contributed by atoms with E-state index >= 15 is 0 Å². The van der Waals surface area contributed by atoms with Crippen LogP contribution in [0.1, 0.15) is 28.7 Å². The first-order chi connectivity index (χ1) is 16.7. The molecule has 174 valence electrons. The highest BCUT2D eigenvalue weighted by Gasteiger charge is 2.22. The summed E-state index contributed by atoms with van der Waals surface area (Å²) >= 11 is 0. The van der Waals surface area contributed by atoms with Gasteiger partial charge in [0.1, 0.15) is 0 Å². The number of carbonyl (C=O) groups is 1. The summed E-state index contributed by atoms with van der Waals surface area (Å²) in [7, 11) is 0. The summed E-state index contributed by atoms with van der Waals surface area (Å²) in [6.07, 6.45) is 5.90. The summed E-state index contributed by atoms with van der Waals surface area (Å²) in [5, 5.41) is 8.99. The number of hydrogen-bond donors (Lipinski definition) is 1. The lowest BCUT2D eigenvalue weighted by molar-refractivity contribution is 0.144. The topological polar surface area (TPSA) is 65.9 Å². The first-order valence-electron chi connectivity index (χ1n) is 11.9. The second kappa shape index (κ2) is 10.1. The molecule has 1 N–H and O–H groups in total. The summed E-state index contributed by atoms with van der Waals surface area (Å²) in [6.45, 7) is 4.37. The molecule has 6 heteroatoms. The smallest absolute Gasteiger partial charge is 0.449 e. The van der Waals surface area contributed by atoms with Crippen molar-refractivity contribution in [1.82, 2.24) is 9.88 Å². The third-order valence-corrected chi connectivity index (χ3v) is 6.69. The number of benzene rings is 2. The Labute approximate surface area is 200 Å². The van der Waals surface area contributed by atoms with E-state index in [1.165, 1.54) is 27.8 Å². The Bertz CT molecular complexity index is 1150. The molecule has 1 aliphatic heterocycles. The molecule has 6 nitrogen and oxygen atoms in total. The van der Waals surface area contributed by atoms with Crippen LogP contribution in [0.5, 0.6) is 5.75 Å². The maximum Gasteiger partial charge on any atom is 0.511 e. The minimum absolute atomic E-state index is 0.291. The molecular formula is C28H29N3O3. The molecule has 0 radical (unpaired) electrons. The minimum atomic E-state index is -1.32. The normalized spacial score (nSPS) is 15.8. The highest BCUT2D eigenvalue weighted by atomic mass is 16.7. The average Bonchev–Trinajstić information content (AvgIpc) is 3.02. The van der Waals surface area contributed by atoms with Gasteiger partial charge in [0.25, 0.3) is 0 Å². The molecule has 2 heterocycles. The van der Waals surface area contributed by atoms with E-state index in [9.17, 15) is 4.79 Å². The van der Waals surface area contributed by atoms with Crippen molar-refractivity contribution in [1.29, 1.82) is 0 Å². The van der Waals surface area contributed by atoms with Crippen LogP contribution in [-0.2, 0) is 12.8 Å². The third-order valence-electron chi connectivity index (χ3n) is 6.69. The fourth-order valence-corrected chi connectivity index (χ4v) is 5.00. The molecule has 1 aliphatic carbocycles. The first-order valence-corrected chi connectivity index (χ1v) is 11.9. The predicted octanol–water partition coefficient (Wildman–Crippen LogP) is 4.88. The molecule has 1 fully saturated rings. The van der Waals surface area contributed by atoms with Crippen molar-refractivity contribution in [3.8, 4) is 5.75 Å². The lowest BCUT2D eigenvalue weighted by Crippen LogP contribution is -2.47. The van der Waals surface area contributed by atoms with Crippen LogP contribution in [0.3, 0.4) is 0 Å². The van der Waals surface area contributed by atoms with E-state index in [-0.39, 0.29) is 0 Å². The summed E-state index contributed by atoms with van der Waals surface area (Å²) in [4.78, 5) is 19.9. The number of hydrogen-bond acceptors (Lipinski definition) is 5. The highest BCUT2D eigenvalue weighted by Crippen LogP contribution is 2.34. The standard InChI is InChI=1S/C28H29N3O3/c32-28(33)34-26-12-5-15-29-27(26)31-19-17-30(18-20-31)16-6-11-25-23-9-3-1-7-21(23)13-14-22-8-2-4-10-24(22)25/h1-5,7-12,15H,6,13-14,16-20H2,(H,32,33). The largest absolute Gasteiger partial charge is 0.511 e. The highest BCUT2D eigenvalue weighted by molar-refractivity contribution is 5.83. The second-order valence-electron chi connectivity index (χ2n) is 8.74. The Morgan fingerprint density at radius 1 is 0.912 bits per heavy atom. The van der Waals surface area contributed by atoms with Crippen molar-refractivity contribution >= 4 is 17.5 Å². The number of piperazine rings is 1. The third kappa shape index (κ3) is 4.82. The SMILES string of the molecule is O=C(O)Oc1cccnc1N1CCN(CCC=C2c3ccccc3CCc3ccccc32)CC1. The summed E-state index contributed by atoms with van der Waals surface area (Å²) in [5.41, 5.74) is 6.92. The molecule has 0 spiro atoms. The molecule has 0 saturated carbocycles. The van der Waals surface area contributed by atoms with Gasteiger partial charge in [-0.3, -0.25) is 4.90 Å². The molecular weight excluding hydrogens is 426 g/mol. The van der Waals surface area contributed by atoms with Crippen LogP contribution in [0.2, 0.25) is 0 Å². The van der Waals surface area contributed by atoms with Crippen LogP contribution in [0.15, 0.2) is 72.9 Å². The van der Waals surface area contributed by atoms with Crippen molar-refractivity contribution < 1.29 is 14.6 Å². The Morgan fingerprint density at radius 2 is 1.56 bits per heavy atom. The number of ether oxygens (including phenoxy) is 1. The monoisotopic (exact) mass is 455 g/mol. The number of nitrogens with zero attached hydrogens (tertiary/aromatic N) is 3. The van der Waals surface area contributed by atoms with E-state index in [1.807, 2.05) is 0 Å². The van der Waals surface area contributed by atoms with Gasteiger partial charge >= 0.3 is 6.16 Å². The van der Waals surface area contributed by atoms with Gasteiger partial charge in [0, 0.05) is 38.9 Å². The van der Waals surface area contributed by atoms with Gasteiger partial charge in [0.15, 0.2) is 11.6 Å². The molecule has 2 aromatic carbocycles. The molecule has 1 saturated heterocycles. The molecule has 5 rings (SSSR count). The number of anilines is 1. The Balaban J connectivity index is 1.26. The molecule has 0 amide bonds. The van der Waals surface area contributed by atoms with Crippen LogP contribution in [0.25, 0.3) is 5.57 Å². The van der Waals surface area contributed by atoms with Gasteiger partial charge in [0.2, 0.25) is 0 Å². The molecule has 0 atom stereocenters. The maximum absolute atomic E-state index is 11.0. The number of carboxylic acid groups (broad SMARTS) is 1. The van der Waals surface area contributed by atoms with E-state index < -0.39 is 6.16 Å². The summed E-state index contributed by atoms with van der Waals surface area (Å²) < 4.78 is 4.92. The molecule has 2 aliphatic rings. The first kappa shape index (κ1) is 22.2. The van der Waals surface area contributed by atoms with Crippen LogP contribution >= 0.6 is 0 Å². The van der Waals surface area contributed by atoms with Gasteiger partial charge < -0.3 is 14.7 Å². The lowest BCUT2D eigenvalue weighted by Gasteiger charge is -2.35.